The van der Waals surface area contributed by atoms with Crippen LogP contribution in [0.5, 0.6) is 28.7 Å². The second-order valence-electron chi connectivity index (χ2n) is 7.33. The van der Waals surface area contributed by atoms with Gasteiger partial charge in [-0.15, -0.1) is 0 Å². The van der Waals surface area contributed by atoms with Crippen molar-refractivity contribution in [3.63, 3.8) is 0 Å². The summed E-state index contributed by atoms with van der Waals surface area (Å²) in [7, 11) is 7.32. The van der Waals surface area contributed by atoms with Crippen LogP contribution in [0.3, 0.4) is 0 Å². The highest BCUT2D eigenvalue weighted by atomic mass is 16.7. The molecule has 1 N–H and O–H groups in total. The number of benzene rings is 2. The minimum atomic E-state index is 0.220. The number of hydrogen-bond acceptors (Lipinski definition) is 5. The molecule has 142 valence electrons. The van der Waals surface area contributed by atoms with Crippen molar-refractivity contribution in [3.8, 4) is 39.9 Å². The van der Waals surface area contributed by atoms with E-state index in [4.69, 9.17) is 23.7 Å². The van der Waals surface area contributed by atoms with Crippen molar-refractivity contribution >= 4 is 0 Å². The normalized spacial score (nSPS) is 21.3. The highest BCUT2D eigenvalue weighted by Crippen LogP contribution is 2.57. The fraction of sp³-hybridized carbons (Fsp3) is 0.429. The molecule has 0 aromatic heterocycles. The van der Waals surface area contributed by atoms with Crippen molar-refractivity contribution in [1.82, 2.24) is 0 Å². The van der Waals surface area contributed by atoms with Crippen LogP contribution in [0.4, 0.5) is 0 Å². The van der Waals surface area contributed by atoms with Crippen molar-refractivity contribution in [2.45, 2.75) is 18.9 Å². The van der Waals surface area contributed by atoms with Crippen LogP contribution >= 0.6 is 0 Å². The van der Waals surface area contributed by atoms with Crippen LogP contribution in [0, 0.1) is 0 Å². The van der Waals surface area contributed by atoms with Gasteiger partial charge < -0.3 is 28.6 Å². The van der Waals surface area contributed by atoms with Gasteiger partial charge in [-0.05, 0) is 23.3 Å². The molecule has 2 aromatic carbocycles. The number of quaternary nitrogens is 1. The van der Waals surface area contributed by atoms with Gasteiger partial charge >= 0.3 is 0 Å². The third kappa shape index (κ3) is 2.16. The molecule has 0 bridgehead atoms. The van der Waals surface area contributed by atoms with Gasteiger partial charge in [0.1, 0.15) is 6.04 Å². The topological polar surface area (TPSA) is 50.6 Å². The molecule has 6 heteroatoms. The zero-order chi connectivity index (χ0) is 18.7. The van der Waals surface area contributed by atoms with Crippen molar-refractivity contribution in [3.05, 3.63) is 28.8 Å². The van der Waals surface area contributed by atoms with Crippen LogP contribution in [0.2, 0.25) is 0 Å². The lowest BCUT2D eigenvalue weighted by Gasteiger charge is -2.38. The Labute approximate surface area is 158 Å². The Morgan fingerprint density at radius 2 is 1.74 bits per heavy atom. The number of rotatable bonds is 3. The fourth-order valence-corrected chi connectivity index (χ4v) is 4.84. The summed E-state index contributed by atoms with van der Waals surface area (Å²) in [5, 5.41) is 0. The molecule has 0 spiro atoms. The average Bonchev–Trinajstić information content (AvgIpc) is 3.18. The molecule has 3 aliphatic rings. The maximum Gasteiger partial charge on any atom is 0.231 e. The van der Waals surface area contributed by atoms with Gasteiger partial charge in [0.05, 0.1) is 34.9 Å². The predicted octanol–water partition coefficient (Wildman–Crippen LogP) is 1.78. The first-order valence-electron chi connectivity index (χ1n) is 9.27. The molecule has 2 atom stereocenters. The van der Waals surface area contributed by atoms with E-state index in [1.54, 1.807) is 21.3 Å². The van der Waals surface area contributed by atoms with E-state index >= 15 is 0 Å². The molecule has 0 amide bonds. The Bertz CT molecular complexity index is 939. The molecule has 2 aliphatic heterocycles. The van der Waals surface area contributed by atoms with E-state index in [1.807, 2.05) is 0 Å². The molecule has 2 heterocycles. The smallest absolute Gasteiger partial charge is 0.231 e. The highest BCUT2D eigenvalue weighted by molar-refractivity contribution is 5.87. The summed E-state index contributed by atoms with van der Waals surface area (Å²) in [6.45, 7) is 1.29. The van der Waals surface area contributed by atoms with Crippen LogP contribution in [0.1, 0.15) is 22.7 Å². The number of methoxy groups -OCH3 is 3. The Morgan fingerprint density at radius 1 is 1.00 bits per heavy atom. The number of fused-ring (bicyclic) bond motifs is 4. The van der Waals surface area contributed by atoms with Crippen LogP contribution in [-0.4, -0.2) is 41.7 Å². The Morgan fingerprint density at radius 3 is 2.48 bits per heavy atom. The van der Waals surface area contributed by atoms with E-state index in [-0.39, 0.29) is 6.79 Å². The molecule has 1 aliphatic carbocycles. The molecule has 1 unspecified atom stereocenters. The quantitative estimate of drug-likeness (QED) is 0.893. The number of hydrogen-bond donors (Lipinski definition) is 1. The lowest BCUT2D eigenvalue weighted by Crippen LogP contribution is -3.10. The van der Waals surface area contributed by atoms with Gasteiger partial charge in [-0.2, -0.15) is 0 Å². The Hall–Kier alpha value is -2.60. The van der Waals surface area contributed by atoms with Gasteiger partial charge in [0, 0.05) is 29.5 Å². The van der Waals surface area contributed by atoms with Gasteiger partial charge in [0.15, 0.2) is 23.0 Å². The van der Waals surface area contributed by atoms with Crippen LogP contribution in [0.25, 0.3) is 11.1 Å². The molecule has 2 aromatic rings. The minimum absolute atomic E-state index is 0.220. The summed E-state index contributed by atoms with van der Waals surface area (Å²) in [4.78, 5) is 1.50. The van der Waals surface area contributed by atoms with Crippen molar-refractivity contribution in [1.29, 1.82) is 0 Å². The third-order valence-electron chi connectivity index (χ3n) is 6.13. The van der Waals surface area contributed by atoms with E-state index in [9.17, 15) is 0 Å². The van der Waals surface area contributed by atoms with Crippen molar-refractivity contribution in [2.24, 2.45) is 0 Å². The Kier molecular flexibility index (Phi) is 3.65. The average molecular weight is 370 g/mol. The van der Waals surface area contributed by atoms with Gasteiger partial charge in [0.25, 0.3) is 0 Å². The molecule has 6 nitrogen and oxygen atoms in total. The standard InChI is InChI=1S/C21H23NO5/c1-22-6-5-12-17-14(22)7-11-8-15(23-2)16(24-3)9-13(11)18(17)20-21(19(12)25-4)27-10-26-20/h8-9,14H,5-7,10H2,1-4H3/p+1/t14-/m0/s1. The maximum atomic E-state index is 5.95. The monoisotopic (exact) mass is 370 g/mol. The lowest BCUT2D eigenvalue weighted by molar-refractivity contribution is -0.914. The maximum absolute atomic E-state index is 5.95. The van der Waals surface area contributed by atoms with Gasteiger partial charge in [-0.25, -0.2) is 0 Å². The predicted molar refractivity (Wildman–Crippen MR) is 99.6 cm³/mol. The number of ether oxygens (including phenoxy) is 5. The summed E-state index contributed by atoms with van der Waals surface area (Å²) in [6, 6.07) is 4.53. The van der Waals surface area contributed by atoms with Gasteiger partial charge in [-0.1, -0.05) is 0 Å². The van der Waals surface area contributed by atoms with Crippen molar-refractivity contribution < 1.29 is 28.6 Å². The molecule has 0 radical (unpaired) electrons. The second-order valence-corrected chi connectivity index (χ2v) is 7.33. The summed E-state index contributed by atoms with van der Waals surface area (Å²) < 4.78 is 28.7. The van der Waals surface area contributed by atoms with E-state index < -0.39 is 0 Å². The summed E-state index contributed by atoms with van der Waals surface area (Å²) in [6.07, 6.45) is 1.91. The SMILES string of the molecule is COc1cc2c(cc1OC)-c1c3c(c(OC)c4c1[C@H](C2)[NH+](C)CC4)OCO3. The van der Waals surface area contributed by atoms with Crippen LogP contribution in [0.15, 0.2) is 12.1 Å². The van der Waals surface area contributed by atoms with E-state index in [1.165, 1.54) is 21.6 Å². The highest BCUT2D eigenvalue weighted by Gasteiger charge is 2.43. The fourth-order valence-electron chi connectivity index (χ4n) is 4.84. The first kappa shape index (κ1) is 16.6. The molecule has 27 heavy (non-hydrogen) atoms. The molecular weight excluding hydrogens is 346 g/mol. The molecule has 5 rings (SSSR count). The first-order valence-corrected chi connectivity index (χ1v) is 9.27. The summed E-state index contributed by atoms with van der Waals surface area (Å²) >= 11 is 0. The zero-order valence-electron chi connectivity index (χ0n) is 16.1. The van der Waals surface area contributed by atoms with Crippen LogP contribution < -0.4 is 28.6 Å². The second kappa shape index (κ2) is 5.96. The zero-order valence-corrected chi connectivity index (χ0v) is 16.1. The molecular formula is C21H24NO5+. The first-order chi connectivity index (χ1) is 13.2. The van der Waals surface area contributed by atoms with E-state index in [0.717, 1.165) is 59.3 Å². The largest absolute Gasteiger partial charge is 0.493 e. The van der Waals surface area contributed by atoms with Gasteiger partial charge in [-0.3, -0.25) is 0 Å². The van der Waals surface area contributed by atoms with E-state index in [0.29, 0.717) is 6.04 Å². The third-order valence-corrected chi connectivity index (χ3v) is 6.13. The Balaban J connectivity index is 1.86. The van der Waals surface area contributed by atoms with Gasteiger partial charge in [0.2, 0.25) is 12.5 Å². The molecule has 0 saturated carbocycles. The summed E-state index contributed by atoms with van der Waals surface area (Å²) in [5.74, 6) is 3.84. The van der Waals surface area contributed by atoms with Crippen molar-refractivity contribution in [2.75, 3.05) is 41.7 Å². The van der Waals surface area contributed by atoms with Crippen LogP contribution in [-0.2, 0) is 12.8 Å². The number of nitrogens with one attached hydrogen (secondary N) is 1. The molecule has 0 saturated heterocycles. The molecule has 0 fully saturated rings. The minimum Gasteiger partial charge on any atom is -0.493 e. The lowest BCUT2D eigenvalue weighted by atomic mass is 9.76. The number of likely N-dealkylation sites (N-methyl/N-ethyl adjacent to an activating group) is 1. The summed E-state index contributed by atoms with van der Waals surface area (Å²) in [5.41, 5.74) is 6.11. The van der Waals surface area contributed by atoms with E-state index in [2.05, 4.69) is 19.2 Å².